The maximum atomic E-state index is 13.4. The topological polar surface area (TPSA) is 9.23 Å². The maximum Gasteiger partial charge on any atom is 0.129 e. The third kappa shape index (κ3) is 3.10. The van der Waals surface area contributed by atoms with Crippen LogP contribution >= 0.6 is 0 Å². The molecule has 0 radical (unpaired) electrons. The highest BCUT2D eigenvalue weighted by Crippen LogP contribution is 2.18. The molecule has 0 aliphatic carbocycles. The van der Waals surface area contributed by atoms with Gasteiger partial charge in [-0.1, -0.05) is 35.4 Å². The van der Waals surface area contributed by atoms with Gasteiger partial charge in [0.05, 0.1) is 0 Å². The second kappa shape index (κ2) is 5.21. The minimum Gasteiger partial charge on any atom is -0.489 e. The summed E-state index contributed by atoms with van der Waals surface area (Å²) in [6, 6.07) is 11.2. The van der Waals surface area contributed by atoms with Gasteiger partial charge in [-0.15, -0.1) is 0 Å². The third-order valence-electron chi connectivity index (χ3n) is 2.83. The Balaban J connectivity index is 2.08. The molecule has 2 aromatic rings. The molecule has 2 heteroatoms. The number of hydrogen-bond donors (Lipinski definition) is 0. The Kier molecular flexibility index (Phi) is 3.66. The van der Waals surface area contributed by atoms with Gasteiger partial charge in [0, 0.05) is 6.07 Å². The molecule has 0 N–H and O–H groups in total. The van der Waals surface area contributed by atoms with Gasteiger partial charge in [0.15, 0.2) is 0 Å². The Morgan fingerprint density at radius 3 is 2.22 bits per heavy atom. The lowest BCUT2D eigenvalue weighted by atomic mass is 10.1. The van der Waals surface area contributed by atoms with Crippen molar-refractivity contribution < 1.29 is 9.13 Å². The molecule has 0 amide bonds. The standard InChI is InChI=1S/C16H17FO/c1-11-6-12(2)8-14(7-11)10-18-15-5-4-13(3)16(17)9-15/h4-9H,10H2,1-3H3. The number of rotatable bonds is 3. The lowest BCUT2D eigenvalue weighted by Gasteiger charge is -2.09. The minimum atomic E-state index is -0.229. The van der Waals surface area contributed by atoms with E-state index in [1.807, 2.05) is 0 Å². The van der Waals surface area contributed by atoms with Crippen LogP contribution in [0, 0.1) is 26.6 Å². The van der Waals surface area contributed by atoms with Gasteiger partial charge in [0.2, 0.25) is 0 Å². The quantitative estimate of drug-likeness (QED) is 0.780. The van der Waals surface area contributed by atoms with Gasteiger partial charge >= 0.3 is 0 Å². The zero-order valence-electron chi connectivity index (χ0n) is 11.0. The van der Waals surface area contributed by atoms with Crippen molar-refractivity contribution in [3.8, 4) is 5.75 Å². The van der Waals surface area contributed by atoms with Crippen LogP contribution in [0.25, 0.3) is 0 Å². The van der Waals surface area contributed by atoms with Crippen LogP contribution in [0.1, 0.15) is 22.3 Å². The first-order chi connectivity index (χ1) is 8.54. The van der Waals surface area contributed by atoms with Gasteiger partial charge in [-0.2, -0.15) is 0 Å². The summed E-state index contributed by atoms with van der Waals surface area (Å²) < 4.78 is 19.0. The molecule has 0 saturated heterocycles. The zero-order valence-corrected chi connectivity index (χ0v) is 11.0. The summed E-state index contributed by atoms with van der Waals surface area (Å²) in [7, 11) is 0. The Labute approximate surface area is 107 Å². The van der Waals surface area contributed by atoms with E-state index < -0.39 is 0 Å². The van der Waals surface area contributed by atoms with E-state index in [2.05, 4.69) is 32.0 Å². The first-order valence-electron chi connectivity index (χ1n) is 6.01. The molecule has 0 atom stereocenters. The number of ether oxygens (including phenoxy) is 1. The van der Waals surface area contributed by atoms with Crippen LogP contribution in [0.4, 0.5) is 4.39 Å². The molecule has 0 spiro atoms. The Bertz CT molecular complexity index is 541. The molecule has 1 nitrogen and oxygen atoms in total. The molecule has 94 valence electrons. The smallest absolute Gasteiger partial charge is 0.129 e. The molecule has 2 aromatic carbocycles. The van der Waals surface area contributed by atoms with E-state index in [0.717, 1.165) is 5.56 Å². The van der Waals surface area contributed by atoms with Crippen molar-refractivity contribution in [2.45, 2.75) is 27.4 Å². The summed E-state index contributed by atoms with van der Waals surface area (Å²) in [5.74, 6) is 0.338. The molecule has 0 aliphatic heterocycles. The van der Waals surface area contributed by atoms with Gasteiger partial charge in [-0.25, -0.2) is 4.39 Å². The van der Waals surface area contributed by atoms with Crippen LogP contribution in [0.15, 0.2) is 36.4 Å². The molecule has 0 aromatic heterocycles. The van der Waals surface area contributed by atoms with Crippen molar-refractivity contribution >= 4 is 0 Å². The van der Waals surface area contributed by atoms with Gasteiger partial charge in [0.25, 0.3) is 0 Å². The van der Waals surface area contributed by atoms with Crippen molar-refractivity contribution in [1.29, 1.82) is 0 Å². The fraction of sp³-hybridized carbons (Fsp3) is 0.250. The number of benzene rings is 2. The van der Waals surface area contributed by atoms with Crippen molar-refractivity contribution in [2.75, 3.05) is 0 Å². The molecule has 0 heterocycles. The fourth-order valence-corrected chi connectivity index (χ4v) is 1.98. The summed E-state index contributed by atoms with van der Waals surface area (Å²) >= 11 is 0. The third-order valence-corrected chi connectivity index (χ3v) is 2.83. The molecule has 0 aliphatic rings. The SMILES string of the molecule is Cc1cc(C)cc(COc2ccc(C)c(F)c2)c1. The average Bonchev–Trinajstić information content (AvgIpc) is 2.29. The molecule has 2 rings (SSSR count). The first kappa shape index (κ1) is 12.6. The number of halogens is 1. The minimum absolute atomic E-state index is 0.229. The van der Waals surface area contributed by atoms with Crippen molar-refractivity contribution in [3.63, 3.8) is 0 Å². The van der Waals surface area contributed by atoms with E-state index >= 15 is 0 Å². The van der Waals surface area contributed by atoms with Crippen LogP contribution in [0.2, 0.25) is 0 Å². The Hall–Kier alpha value is -1.83. The van der Waals surface area contributed by atoms with Crippen LogP contribution in [0.3, 0.4) is 0 Å². The molecule has 18 heavy (non-hydrogen) atoms. The lowest BCUT2D eigenvalue weighted by Crippen LogP contribution is -1.97. The zero-order chi connectivity index (χ0) is 13.1. The van der Waals surface area contributed by atoms with Gasteiger partial charge in [-0.3, -0.25) is 0 Å². The summed E-state index contributed by atoms with van der Waals surface area (Å²) in [6.07, 6.45) is 0. The second-order valence-corrected chi connectivity index (χ2v) is 4.70. The lowest BCUT2D eigenvalue weighted by molar-refractivity contribution is 0.304. The number of hydrogen-bond acceptors (Lipinski definition) is 1. The van der Waals surface area contributed by atoms with Crippen molar-refractivity contribution in [2.24, 2.45) is 0 Å². The summed E-state index contributed by atoms with van der Waals surface area (Å²) in [4.78, 5) is 0. The van der Waals surface area contributed by atoms with Crippen LogP contribution < -0.4 is 4.74 Å². The molecule has 0 unspecified atom stereocenters. The van der Waals surface area contributed by atoms with E-state index in [1.54, 1.807) is 19.1 Å². The van der Waals surface area contributed by atoms with E-state index in [0.29, 0.717) is 17.9 Å². The molecular weight excluding hydrogens is 227 g/mol. The monoisotopic (exact) mass is 244 g/mol. The van der Waals surface area contributed by atoms with Crippen LogP contribution in [-0.2, 0) is 6.61 Å². The summed E-state index contributed by atoms with van der Waals surface area (Å²) in [5, 5.41) is 0. The van der Waals surface area contributed by atoms with E-state index in [9.17, 15) is 4.39 Å². The second-order valence-electron chi connectivity index (χ2n) is 4.70. The van der Waals surface area contributed by atoms with Crippen LogP contribution in [0.5, 0.6) is 5.75 Å². The van der Waals surface area contributed by atoms with Gasteiger partial charge in [0.1, 0.15) is 18.2 Å². The Morgan fingerprint density at radius 1 is 0.944 bits per heavy atom. The van der Waals surface area contributed by atoms with Crippen LogP contribution in [-0.4, -0.2) is 0 Å². The first-order valence-corrected chi connectivity index (χ1v) is 6.01. The van der Waals surface area contributed by atoms with Gasteiger partial charge < -0.3 is 4.74 Å². The van der Waals surface area contributed by atoms with E-state index in [1.165, 1.54) is 17.2 Å². The predicted octanol–water partition coefficient (Wildman–Crippen LogP) is 4.33. The van der Waals surface area contributed by atoms with Crippen molar-refractivity contribution in [1.82, 2.24) is 0 Å². The average molecular weight is 244 g/mol. The normalized spacial score (nSPS) is 10.4. The molecule has 0 fully saturated rings. The summed E-state index contributed by atoms with van der Waals surface area (Å²) in [6.45, 7) is 6.32. The molecule has 0 bridgehead atoms. The number of aryl methyl sites for hydroxylation is 3. The van der Waals surface area contributed by atoms with E-state index in [4.69, 9.17) is 4.74 Å². The van der Waals surface area contributed by atoms with Gasteiger partial charge in [-0.05, 0) is 38.0 Å². The predicted molar refractivity (Wildman–Crippen MR) is 71.4 cm³/mol. The van der Waals surface area contributed by atoms with E-state index in [-0.39, 0.29) is 5.82 Å². The fourth-order valence-electron chi connectivity index (χ4n) is 1.98. The highest BCUT2D eigenvalue weighted by atomic mass is 19.1. The molecule has 0 saturated carbocycles. The largest absolute Gasteiger partial charge is 0.489 e. The molecular formula is C16H17FO. The van der Waals surface area contributed by atoms with Crippen molar-refractivity contribution in [3.05, 3.63) is 64.5 Å². The Morgan fingerprint density at radius 2 is 1.61 bits per heavy atom. The highest BCUT2D eigenvalue weighted by Gasteiger charge is 2.01. The summed E-state index contributed by atoms with van der Waals surface area (Å²) in [5.41, 5.74) is 4.16. The maximum absolute atomic E-state index is 13.4. The highest BCUT2D eigenvalue weighted by molar-refractivity contribution is 5.30.